The summed E-state index contributed by atoms with van der Waals surface area (Å²) in [5, 5.41) is 3.53. The van der Waals surface area contributed by atoms with E-state index in [1.807, 2.05) is 0 Å². The van der Waals surface area contributed by atoms with Gasteiger partial charge in [0.15, 0.2) is 0 Å². The van der Waals surface area contributed by atoms with Gasteiger partial charge in [0.2, 0.25) is 0 Å². The fraction of sp³-hybridized carbons (Fsp3) is 1.00. The molecular weight excluding hydrogens is 174 g/mol. The Morgan fingerprint density at radius 1 is 1.36 bits per heavy atom. The Kier molecular flexibility index (Phi) is 2.61. The minimum atomic E-state index is 0.0287. The SMILES string of the molecule is CCC1CCC2(CNCC(C)(C)O2)C1. The number of morpholine rings is 1. The lowest BCUT2D eigenvalue weighted by Gasteiger charge is -2.44. The first kappa shape index (κ1) is 10.4. The molecular formula is C12H23NO. The Morgan fingerprint density at radius 3 is 2.71 bits per heavy atom. The zero-order valence-corrected chi connectivity index (χ0v) is 9.73. The molecule has 2 atom stereocenters. The second-order valence-electron chi connectivity index (χ2n) is 5.67. The van der Waals surface area contributed by atoms with Crippen molar-refractivity contribution in [1.82, 2.24) is 5.32 Å². The van der Waals surface area contributed by atoms with Crippen LogP contribution < -0.4 is 5.32 Å². The Labute approximate surface area is 87.4 Å². The van der Waals surface area contributed by atoms with Crippen molar-refractivity contribution in [3.05, 3.63) is 0 Å². The molecule has 0 radical (unpaired) electrons. The van der Waals surface area contributed by atoms with Gasteiger partial charge in [-0.15, -0.1) is 0 Å². The molecule has 1 aliphatic carbocycles. The van der Waals surface area contributed by atoms with Crippen LogP contribution in [0.1, 0.15) is 46.5 Å². The van der Waals surface area contributed by atoms with Crippen molar-refractivity contribution in [2.24, 2.45) is 5.92 Å². The molecule has 2 aliphatic rings. The molecule has 0 bridgehead atoms. The zero-order chi connectivity index (χ0) is 10.2. The minimum Gasteiger partial charge on any atom is -0.366 e. The summed E-state index contributed by atoms with van der Waals surface area (Å²) >= 11 is 0. The lowest BCUT2D eigenvalue weighted by molar-refractivity contribution is -0.159. The van der Waals surface area contributed by atoms with Gasteiger partial charge >= 0.3 is 0 Å². The molecule has 2 nitrogen and oxygen atoms in total. The van der Waals surface area contributed by atoms with Crippen LogP contribution in [0.4, 0.5) is 0 Å². The van der Waals surface area contributed by atoms with Gasteiger partial charge in [-0.2, -0.15) is 0 Å². The molecule has 0 amide bonds. The van der Waals surface area contributed by atoms with E-state index in [2.05, 4.69) is 26.1 Å². The summed E-state index contributed by atoms with van der Waals surface area (Å²) in [7, 11) is 0. The van der Waals surface area contributed by atoms with Crippen molar-refractivity contribution < 1.29 is 4.74 Å². The monoisotopic (exact) mass is 197 g/mol. The summed E-state index contributed by atoms with van der Waals surface area (Å²) < 4.78 is 6.29. The highest BCUT2D eigenvalue weighted by molar-refractivity contribution is 4.98. The molecule has 0 aromatic carbocycles. The van der Waals surface area contributed by atoms with Gasteiger partial charge in [-0.25, -0.2) is 0 Å². The normalized spacial score (nSPS) is 41.8. The predicted molar refractivity (Wildman–Crippen MR) is 58.4 cm³/mol. The van der Waals surface area contributed by atoms with Gasteiger partial charge < -0.3 is 10.1 Å². The van der Waals surface area contributed by atoms with Crippen LogP contribution in [-0.4, -0.2) is 24.3 Å². The van der Waals surface area contributed by atoms with Crippen molar-refractivity contribution in [2.45, 2.75) is 57.7 Å². The Balaban J connectivity index is 2.03. The van der Waals surface area contributed by atoms with E-state index < -0.39 is 0 Å². The number of hydrogen-bond acceptors (Lipinski definition) is 2. The predicted octanol–water partition coefficient (Wildman–Crippen LogP) is 2.33. The minimum absolute atomic E-state index is 0.0287. The Bertz CT molecular complexity index is 214. The van der Waals surface area contributed by atoms with Gasteiger partial charge in [-0.05, 0) is 39.0 Å². The number of nitrogens with one attached hydrogen (secondary N) is 1. The highest BCUT2D eigenvalue weighted by Gasteiger charge is 2.45. The fourth-order valence-corrected chi connectivity index (χ4v) is 3.05. The van der Waals surface area contributed by atoms with Crippen LogP contribution in [0.25, 0.3) is 0 Å². The summed E-state index contributed by atoms with van der Waals surface area (Å²) in [4.78, 5) is 0. The van der Waals surface area contributed by atoms with Crippen LogP contribution in [0, 0.1) is 5.92 Å². The van der Waals surface area contributed by atoms with Crippen LogP contribution in [0.2, 0.25) is 0 Å². The van der Waals surface area contributed by atoms with Gasteiger partial charge in [0, 0.05) is 13.1 Å². The topological polar surface area (TPSA) is 21.3 Å². The standard InChI is InChI=1S/C12H23NO/c1-4-10-5-6-12(7-10)9-13-8-11(2,3)14-12/h10,13H,4-9H2,1-3H3. The molecule has 0 aromatic rings. The number of rotatable bonds is 1. The second-order valence-corrected chi connectivity index (χ2v) is 5.67. The van der Waals surface area contributed by atoms with Crippen LogP contribution in [0.5, 0.6) is 0 Å². The van der Waals surface area contributed by atoms with E-state index in [-0.39, 0.29) is 11.2 Å². The lowest BCUT2D eigenvalue weighted by Crippen LogP contribution is -2.57. The molecule has 0 aromatic heterocycles. The smallest absolute Gasteiger partial charge is 0.0816 e. The van der Waals surface area contributed by atoms with Gasteiger partial charge in [0.05, 0.1) is 11.2 Å². The summed E-state index contributed by atoms with van der Waals surface area (Å²) in [5.41, 5.74) is 0.198. The summed E-state index contributed by atoms with van der Waals surface area (Å²) in [6.45, 7) is 8.74. The van der Waals surface area contributed by atoms with E-state index in [4.69, 9.17) is 4.74 Å². The summed E-state index contributed by atoms with van der Waals surface area (Å²) in [6.07, 6.45) is 5.18. The number of ether oxygens (including phenoxy) is 1. The third-order valence-corrected chi connectivity index (χ3v) is 3.74. The van der Waals surface area contributed by atoms with E-state index in [1.165, 1.54) is 25.7 Å². The van der Waals surface area contributed by atoms with E-state index in [0.717, 1.165) is 19.0 Å². The van der Waals surface area contributed by atoms with E-state index in [1.54, 1.807) is 0 Å². The summed E-state index contributed by atoms with van der Waals surface area (Å²) in [5.74, 6) is 0.894. The molecule has 2 fully saturated rings. The molecule has 1 saturated heterocycles. The van der Waals surface area contributed by atoms with E-state index >= 15 is 0 Å². The first-order valence-electron chi connectivity index (χ1n) is 5.96. The average Bonchev–Trinajstić information content (AvgIpc) is 2.46. The van der Waals surface area contributed by atoms with Crippen molar-refractivity contribution >= 4 is 0 Å². The molecule has 14 heavy (non-hydrogen) atoms. The second kappa shape index (κ2) is 3.49. The highest BCUT2D eigenvalue weighted by atomic mass is 16.5. The lowest BCUT2D eigenvalue weighted by atomic mass is 9.94. The first-order chi connectivity index (χ1) is 6.55. The zero-order valence-electron chi connectivity index (χ0n) is 9.73. The van der Waals surface area contributed by atoms with Crippen molar-refractivity contribution in [3.63, 3.8) is 0 Å². The molecule has 1 heterocycles. The number of hydrogen-bond donors (Lipinski definition) is 1. The van der Waals surface area contributed by atoms with Crippen LogP contribution in [-0.2, 0) is 4.74 Å². The fourth-order valence-electron chi connectivity index (χ4n) is 3.05. The first-order valence-corrected chi connectivity index (χ1v) is 5.96. The van der Waals surface area contributed by atoms with E-state index in [0.29, 0.717) is 0 Å². The van der Waals surface area contributed by atoms with Crippen LogP contribution >= 0.6 is 0 Å². The Morgan fingerprint density at radius 2 is 2.14 bits per heavy atom. The maximum atomic E-state index is 6.29. The molecule has 82 valence electrons. The largest absolute Gasteiger partial charge is 0.366 e. The van der Waals surface area contributed by atoms with Crippen LogP contribution in [0.3, 0.4) is 0 Å². The van der Waals surface area contributed by atoms with Crippen LogP contribution in [0.15, 0.2) is 0 Å². The summed E-state index contributed by atoms with van der Waals surface area (Å²) in [6, 6.07) is 0. The molecule has 1 N–H and O–H groups in total. The average molecular weight is 197 g/mol. The molecule has 1 aliphatic heterocycles. The van der Waals surface area contributed by atoms with Crippen molar-refractivity contribution in [1.29, 1.82) is 0 Å². The van der Waals surface area contributed by atoms with Crippen molar-refractivity contribution in [2.75, 3.05) is 13.1 Å². The van der Waals surface area contributed by atoms with Gasteiger partial charge in [0.25, 0.3) is 0 Å². The third-order valence-electron chi connectivity index (χ3n) is 3.74. The Hall–Kier alpha value is -0.0800. The van der Waals surface area contributed by atoms with Gasteiger partial charge in [0.1, 0.15) is 0 Å². The van der Waals surface area contributed by atoms with E-state index in [9.17, 15) is 0 Å². The molecule has 2 rings (SSSR count). The quantitative estimate of drug-likeness (QED) is 0.696. The van der Waals surface area contributed by atoms with Crippen molar-refractivity contribution in [3.8, 4) is 0 Å². The molecule has 1 saturated carbocycles. The van der Waals surface area contributed by atoms with Gasteiger partial charge in [-0.3, -0.25) is 0 Å². The molecule has 2 unspecified atom stereocenters. The molecule has 1 spiro atoms. The van der Waals surface area contributed by atoms with Gasteiger partial charge in [-0.1, -0.05) is 13.3 Å². The third kappa shape index (κ3) is 1.96. The highest BCUT2D eigenvalue weighted by Crippen LogP contribution is 2.42. The maximum absolute atomic E-state index is 6.29. The molecule has 2 heteroatoms. The maximum Gasteiger partial charge on any atom is 0.0816 e.